The molecule has 1 unspecified atom stereocenters. The van der Waals surface area contributed by atoms with E-state index in [-0.39, 0.29) is 0 Å². The molecule has 86 valence electrons. The van der Waals surface area contributed by atoms with E-state index in [4.69, 9.17) is 4.55 Å². The normalized spacial score (nSPS) is 16.8. The lowest BCUT2D eigenvalue weighted by molar-refractivity contribution is -0.234. The molecule has 0 aromatic carbocycles. The lowest BCUT2D eigenvalue weighted by Gasteiger charge is -2.23. The maximum absolute atomic E-state index is 12.4. The zero-order chi connectivity index (χ0) is 11.8. The molecule has 0 rings (SSSR count). The van der Waals surface area contributed by atoms with Crippen LogP contribution in [0.2, 0.25) is 0 Å². The van der Waals surface area contributed by atoms with Crippen LogP contribution >= 0.6 is 12.9 Å². The molecule has 11 heteroatoms. The smallest absolute Gasteiger partial charge is 0.298 e. The molecule has 0 radical (unpaired) electrons. The Labute approximate surface area is 80.4 Å². The molecule has 0 aromatic heterocycles. The molecule has 14 heavy (non-hydrogen) atoms. The van der Waals surface area contributed by atoms with Crippen molar-refractivity contribution in [2.24, 2.45) is 0 Å². The number of alkyl halides is 5. The van der Waals surface area contributed by atoms with Gasteiger partial charge < -0.3 is 0 Å². The van der Waals surface area contributed by atoms with E-state index in [1.54, 1.807) is 0 Å². The van der Waals surface area contributed by atoms with Gasteiger partial charge >= 0.3 is 21.5 Å². The largest absolute Gasteiger partial charge is 0.423 e. The minimum atomic E-state index is -6.22. The Balaban J connectivity index is 5.26. The molecule has 0 saturated heterocycles. The van der Waals surface area contributed by atoms with Crippen molar-refractivity contribution in [2.75, 3.05) is 0 Å². The van der Waals surface area contributed by atoms with Gasteiger partial charge in [-0.3, -0.25) is 8.74 Å². The van der Waals surface area contributed by atoms with Gasteiger partial charge in [-0.2, -0.15) is 30.4 Å². The summed E-state index contributed by atoms with van der Waals surface area (Å²) in [6.07, 6.45) is -9.71. The molecule has 0 aliphatic heterocycles. The number of rotatable bonds is 3. The molecule has 1 atom stereocenters. The Morgan fingerprint density at radius 1 is 1.21 bits per heavy atom. The minimum Gasteiger partial charge on any atom is -0.298 e. The van der Waals surface area contributed by atoms with Gasteiger partial charge in [-0.15, -0.1) is 0 Å². The molecule has 0 aliphatic carbocycles. The van der Waals surface area contributed by atoms with Gasteiger partial charge in [0.1, 0.15) is 0 Å². The number of hydrogen-bond acceptors (Lipinski definition) is 4. The summed E-state index contributed by atoms with van der Waals surface area (Å²) in [6, 6.07) is 0. The molecule has 0 aromatic rings. The van der Waals surface area contributed by atoms with Crippen molar-refractivity contribution in [1.82, 2.24) is 0 Å². The Kier molecular flexibility index (Phi) is 3.76. The quantitative estimate of drug-likeness (QED) is 0.348. The standard InChI is InChI=1S/C3H3F5O4S2/c4-2(5,6)1(12-13)3(7,8)14(9,10)11/h1,13H,(H,9,10,11). The molecule has 0 bridgehead atoms. The molecule has 0 heterocycles. The summed E-state index contributed by atoms with van der Waals surface area (Å²) in [5.74, 6) is 0. The highest BCUT2D eigenvalue weighted by molar-refractivity contribution is 7.87. The molecule has 0 amide bonds. The maximum Gasteiger partial charge on any atom is 0.423 e. The van der Waals surface area contributed by atoms with Crippen molar-refractivity contribution in [1.29, 1.82) is 0 Å². The number of hydrogen-bond donors (Lipinski definition) is 2. The van der Waals surface area contributed by atoms with Crippen LogP contribution in [-0.2, 0) is 14.3 Å². The van der Waals surface area contributed by atoms with Crippen LogP contribution in [0.4, 0.5) is 22.0 Å². The van der Waals surface area contributed by atoms with Crippen molar-refractivity contribution in [3.05, 3.63) is 0 Å². The Morgan fingerprint density at radius 3 is 1.64 bits per heavy atom. The van der Waals surface area contributed by atoms with Crippen LogP contribution in [-0.4, -0.2) is 30.5 Å². The van der Waals surface area contributed by atoms with Gasteiger partial charge in [-0.1, -0.05) is 0 Å². The van der Waals surface area contributed by atoms with Gasteiger partial charge in [0, 0.05) is 0 Å². The second-order valence-electron chi connectivity index (χ2n) is 2.06. The van der Waals surface area contributed by atoms with Crippen molar-refractivity contribution >= 4 is 23.0 Å². The first kappa shape index (κ1) is 13.9. The van der Waals surface area contributed by atoms with E-state index in [1.807, 2.05) is 0 Å². The zero-order valence-corrected chi connectivity index (χ0v) is 7.71. The average Bonchev–Trinajstić information content (AvgIpc) is 1.80. The molecular formula is C3H3F5O4S2. The lowest BCUT2D eigenvalue weighted by Crippen LogP contribution is -2.50. The zero-order valence-electron chi connectivity index (χ0n) is 5.99. The summed E-state index contributed by atoms with van der Waals surface area (Å²) in [4.78, 5) is 0. The number of halogens is 5. The second kappa shape index (κ2) is 3.79. The van der Waals surface area contributed by atoms with E-state index in [9.17, 15) is 30.4 Å². The predicted octanol–water partition coefficient (Wildman–Crippen LogP) is 1.26. The first-order chi connectivity index (χ1) is 5.94. The van der Waals surface area contributed by atoms with Crippen LogP contribution in [0.1, 0.15) is 0 Å². The van der Waals surface area contributed by atoms with Crippen LogP contribution < -0.4 is 0 Å². The summed E-state index contributed by atoms with van der Waals surface area (Å²) >= 11 is 2.46. The van der Waals surface area contributed by atoms with E-state index in [2.05, 4.69) is 17.1 Å². The van der Waals surface area contributed by atoms with Crippen LogP contribution in [0.3, 0.4) is 0 Å². The summed E-state index contributed by atoms with van der Waals surface area (Å²) in [6.45, 7) is 0. The Hall–Kier alpha value is -0.130. The Bertz CT molecular complexity index is 295. The molecular weight excluding hydrogens is 259 g/mol. The average molecular weight is 262 g/mol. The predicted molar refractivity (Wildman–Crippen MR) is 36.4 cm³/mol. The third-order valence-electron chi connectivity index (χ3n) is 1.05. The van der Waals surface area contributed by atoms with E-state index >= 15 is 0 Å². The first-order valence-corrected chi connectivity index (χ1v) is 4.47. The highest BCUT2D eigenvalue weighted by atomic mass is 32.2. The molecule has 0 fully saturated rings. The van der Waals surface area contributed by atoms with E-state index < -0.39 is 27.7 Å². The van der Waals surface area contributed by atoms with Gasteiger partial charge in [-0.25, -0.2) is 0 Å². The highest BCUT2D eigenvalue weighted by Gasteiger charge is 2.64. The first-order valence-electron chi connectivity index (χ1n) is 2.66. The highest BCUT2D eigenvalue weighted by Crippen LogP contribution is 2.38. The fourth-order valence-corrected chi connectivity index (χ4v) is 1.22. The Morgan fingerprint density at radius 2 is 1.57 bits per heavy atom. The SMILES string of the molecule is O=S(=O)(O)C(F)(F)C(OS)C(F)(F)F. The fourth-order valence-electron chi connectivity index (χ4n) is 0.447. The summed E-state index contributed by atoms with van der Waals surface area (Å²) in [7, 11) is -6.22. The van der Waals surface area contributed by atoms with Crippen molar-refractivity contribution in [3.63, 3.8) is 0 Å². The van der Waals surface area contributed by atoms with Crippen LogP contribution in [0, 0.1) is 0 Å². The van der Waals surface area contributed by atoms with Crippen LogP contribution in [0.5, 0.6) is 0 Å². The van der Waals surface area contributed by atoms with Gasteiger partial charge in [0.2, 0.25) is 6.10 Å². The molecule has 0 aliphatic rings. The third-order valence-corrected chi connectivity index (χ3v) is 2.16. The third kappa shape index (κ3) is 2.68. The molecule has 1 N–H and O–H groups in total. The van der Waals surface area contributed by atoms with E-state index in [1.165, 1.54) is 0 Å². The van der Waals surface area contributed by atoms with Gasteiger partial charge in [0.25, 0.3) is 0 Å². The van der Waals surface area contributed by atoms with Crippen LogP contribution in [0.25, 0.3) is 0 Å². The summed E-state index contributed by atoms with van der Waals surface area (Å²) in [5, 5.41) is -5.51. The van der Waals surface area contributed by atoms with Crippen molar-refractivity contribution in [3.8, 4) is 0 Å². The van der Waals surface area contributed by atoms with Gasteiger partial charge in [0.15, 0.2) is 0 Å². The lowest BCUT2D eigenvalue weighted by atomic mass is 10.4. The monoisotopic (exact) mass is 262 g/mol. The van der Waals surface area contributed by atoms with Crippen LogP contribution in [0.15, 0.2) is 0 Å². The van der Waals surface area contributed by atoms with E-state index in [0.29, 0.717) is 0 Å². The summed E-state index contributed by atoms with van der Waals surface area (Å²) < 4.78 is 90.5. The topological polar surface area (TPSA) is 63.6 Å². The summed E-state index contributed by atoms with van der Waals surface area (Å²) in [5.41, 5.74) is 0. The van der Waals surface area contributed by atoms with Crippen molar-refractivity contribution in [2.45, 2.75) is 17.5 Å². The fraction of sp³-hybridized carbons (Fsp3) is 1.00. The minimum absolute atomic E-state index is 2.46. The second-order valence-corrected chi connectivity index (χ2v) is 3.77. The van der Waals surface area contributed by atoms with Gasteiger partial charge in [0.05, 0.1) is 0 Å². The molecule has 0 spiro atoms. The maximum atomic E-state index is 12.4. The van der Waals surface area contributed by atoms with E-state index in [0.717, 1.165) is 0 Å². The number of thiol groups is 1. The van der Waals surface area contributed by atoms with Crippen molar-refractivity contribution < 1.29 is 39.1 Å². The van der Waals surface area contributed by atoms with Gasteiger partial charge in [-0.05, 0) is 12.9 Å². The molecule has 0 saturated carbocycles. The molecule has 4 nitrogen and oxygen atoms in total.